The minimum absolute atomic E-state index is 0.155. The summed E-state index contributed by atoms with van der Waals surface area (Å²) in [6, 6.07) is 22.5. The van der Waals surface area contributed by atoms with Gasteiger partial charge in [0.15, 0.2) is 5.69 Å². The quantitative estimate of drug-likeness (QED) is 0.384. The molecule has 0 fully saturated rings. The van der Waals surface area contributed by atoms with E-state index in [0.29, 0.717) is 22.1 Å². The summed E-state index contributed by atoms with van der Waals surface area (Å²) in [6.45, 7) is 1.84. The second-order valence-electron chi connectivity index (χ2n) is 7.21. The number of carbonyl (C=O) groups is 2. The van der Waals surface area contributed by atoms with Crippen molar-refractivity contribution in [2.75, 3.05) is 10.6 Å². The fourth-order valence-corrected chi connectivity index (χ4v) is 3.31. The molecule has 0 radical (unpaired) electrons. The topological polar surface area (TPSA) is 116 Å². The van der Waals surface area contributed by atoms with Crippen molar-refractivity contribution in [3.05, 3.63) is 100 Å². The molecular formula is C24H21N5O3. The largest absolute Gasteiger partial charge is 0.344 e. The maximum Gasteiger partial charge on any atom is 0.323 e. The molecule has 160 valence electrons. The van der Waals surface area contributed by atoms with Crippen LogP contribution in [0.3, 0.4) is 0 Å². The number of hydrogen-bond donors (Lipinski definition) is 4. The lowest BCUT2D eigenvalue weighted by Crippen LogP contribution is -2.29. The molecule has 4 N–H and O–H groups in total. The lowest BCUT2D eigenvalue weighted by atomic mass is 10.1. The average molecular weight is 427 g/mol. The number of benzene rings is 3. The number of fused-ring (bicyclic) bond motifs is 1. The molecule has 0 saturated carbocycles. The van der Waals surface area contributed by atoms with Gasteiger partial charge in [-0.1, -0.05) is 48.5 Å². The number of para-hydroxylation sites is 1. The molecule has 4 aromatic rings. The summed E-state index contributed by atoms with van der Waals surface area (Å²) >= 11 is 0. The Morgan fingerprint density at radius 3 is 2.09 bits per heavy atom. The van der Waals surface area contributed by atoms with Gasteiger partial charge in [-0.2, -0.15) is 5.10 Å². The van der Waals surface area contributed by atoms with Gasteiger partial charge in [-0.3, -0.25) is 9.59 Å². The summed E-state index contributed by atoms with van der Waals surface area (Å²) in [4.78, 5) is 36.8. The van der Waals surface area contributed by atoms with E-state index < -0.39 is 5.91 Å². The molecule has 0 aliphatic rings. The molecule has 8 heteroatoms. The Morgan fingerprint density at radius 1 is 0.812 bits per heavy atom. The number of carbonyl (C=O) groups excluding carboxylic acids is 2. The lowest BCUT2D eigenvalue weighted by Gasteiger charge is -2.15. The minimum Gasteiger partial charge on any atom is -0.344 e. The first-order valence-electron chi connectivity index (χ1n) is 10.0. The van der Waals surface area contributed by atoms with E-state index in [4.69, 9.17) is 0 Å². The van der Waals surface area contributed by atoms with Crippen LogP contribution in [0.5, 0.6) is 0 Å². The number of rotatable bonds is 5. The number of aromatic amines is 1. The van der Waals surface area contributed by atoms with Gasteiger partial charge < -0.3 is 16.0 Å². The zero-order chi connectivity index (χ0) is 22.5. The van der Waals surface area contributed by atoms with Gasteiger partial charge in [-0.15, -0.1) is 0 Å². The summed E-state index contributed by atoms with van der Waals surface area (Å²) in [5.74, 6) is -0.394. The van der Waals surface area contributed by atoms with Crippen molar-refractivity contribution in [2.45, 2.75) is 13.0 Å². The van der Waals surface area contributed by atoms with Crippen LogP contribution in [0.1, 0.15) is 29.0 Å². The summed E-state index contributed by atoms with van der Waals surface area (Å²) < 4.78 is 0. The highest BCUT2D eigenvalue weighted by Gasteiger charge is 2.17. The maximum atomic E-state index is 12.8. The predicted octanol–water partition coefficient (Wildman–Crippen LogP) is 4.06. The van der Waals surface area contributed by atoms with E-state index in [1.165, 1.54) is 0 Å². The van der Waals surface area contributed by atoms with Crippen molar-refractivity contribution < 1.29 is 9.59 Å². The second kappa shape index (κ2) is 9.13. The molecule has 3 aromatic carbocycles. The molecule has 1 heterocycles. The number of urea groups is 1. The monoisotopic (exact) mass is 427 g/mol. The van der Waals surface area contributed by atoms with Gasteiger partial charge in [-0.05, 0) is 42.8 Å². The highest BCUT2D eigenvalue weighted by molar-refractivity contribution is 6.04. The van der Waals surface area contributed by atoms with E-state index in [2.05, 4.69) is 26.1 Å². The number of nitrogens with one attached hydrogen (secondary N) is 4. The van der Waals surface area contributed by atoms with Gasteiger partial charge in [0.05, 0.1) is 11.4 Å². The SMILES string of the molecule is CC(NC(=O)c1n[nH]c(=O)c2ccccc12)c1ccc(NC(=O)Nc2ccccc2)cc1. The molecule has 1 unspecified atom stereocenters. The summed E-state index contributed by atoms with van der Waals surface area (Å²) in [7, 11) is 0. The molecule has 1 aromatic heterocycles. The Labute approximate surface area is 183 Å². The van der Waals surface area contributed by atoms with Crippen LogP contribution in [0.2, 0.25) is 0 Å². The Morgan fingerprint density at radius 2 is 1.41 bits per heavy atom. The first kappa shape index (κ1) is 20.8. The Hall–Kier alpha value is -4.46. The summed E-state index contributed by atoms with van der Waals surface area (Å²) in [6.07, 6.45) is 0. The van der Waals surface area contributed by atoms with Gasteiger partial charge in [0.2, 0.25) is 0 Å². The van der Waals surface area contributed by atoms with E-state index >= 15 is 0 Å². The molecule has 3 amide bonds. The normalized spacial score (nSPS) is 11.5. The molecule has 8 nitrogen and oxygen atoms in total. The van der Waals surface area contributed by atoms with Crippen molar-refractivity contribution in [1.29, 1.82) is 0 Å². The van der Waals surface area contributed by atoms with E-state index in [-0.39, 0.29) is 23.3 Å². The number of amides is 3. The number of nitrogens with zero attached hydrogens (tertiary/aromatic N) is 1. The zero-order valence-corrected chi connectivity index (χ0v) is 17.3. The van der Waals surface area contributed by atoms with Crippen LogP contribution in [0, 0.1) is 0 Å². The van der Waals surface area contributed by atoms with Crippen molar-refractivity contribution in [2.24, 2.45) is 0 Å². The van der Waals surface area contributed by atoms with Crippen molar-refractivity contribution in [3.8, 4) is 0 Å². The molecule has 1 atom stereocenters. The van der Waals surface area contributed by atoms with Gasteiger partial charge in [0.1, 0.15) is 0 Å². The highest BCUT2D eigenvalue weighted by atomic mass is 16.2. The highest BCUT2D eigenvalue weighted by Crippen LogP contribution is 2.18. The maximum absolute atomic E-state index is 12.8. The molecule has 4 rings (SSSR count). The van der Waals surface area contributed by atoms with Crippen LogP contribution >= 0.6 is 0 Å². The first-order chi connectivity index (χ1) is 15.5. The van der Waals surface area contributed by atoms with Gasteiger partial charge in [-0.25, -0.2) is 9.89 Å². The summed E-state index contributed by atoms with van der Waals surface area (Å²) in [5.41, 5.74) is 1.98. The molecule has 0 aliphatic carbocycles. The molecule has 0 saturated heterocycles. The van der Waals surface area contributed by atoms with Crippen LogP contribution in [0.15, 0.2) is 83.7 Å². The zero-order valence-electron chi connectivity index (χ0n) is 17.3. The Kier molecular flexibility index (Phi) is 5.94. The smallest absolute Gasteiger partial charge is 0.323 e. The third-order valence-corrected chi connectivity index (χ3v) is 4.96. The van der Waals surface area contributed by atoms with Crippen molar-refractivity contribution in [3.63, 3.8) is 0 Å². The second-order valence-corrected chi connectivity index (χ2v) is 7.21. The number of hydrogen-bond acceptors (Lipinski definition) is 4. The van der Waals surface area contributed by atoms with Crippen LogP contribution in [-0.4, -0.2) is 22.1 Å². The van der Waals surface area contributed by atoms with Crippen LogP contribution in [0.25, 0.3) is 10.8 Å². The fourth-order valence-electron chi connectivity index (χ4n) is 3.31. The van der Waals surface area contributed by atoms with Crippen molar-refractivity contribution >= 4 is 34.1 Å². The average Bonchev–Trinajstić information content (AvgIpc) is 2.80. The van der Waals surface area contributed by atoms with E-state index in [1.807, 2.05) is 37.3 Å². The third kappa shape index (κ3) is 4.65. The van der Waals surface area contributed by atoms with E-state index in [0.717, 1.165) is 5.56 Å². The molecule has 0 bridgehead atoms. The van der Waals surface area contributed by atoms with Gasteiger partial charge in [0.25, 0.3) is 11.5 Å². The Bertz CT molecular complexity index is 1320. The lowest BCUT2D eigenvalue weighted by molar-refractivity contribution is 0.0935. The fraction of sp³-hybridized carbons (Fsp3) is 0.0833. The van der Waals surface area contributed by atoms with Crippen LogP contribution in [0.4, 0.5) is 16.2 Å². The number of H-pyrrole nitrogens is 1. The molecule has 0 spiro atoms. The molecule has 32 heavy (non-hydrogen) atoms. The van der Waals surface area contributed by atoms with E-state index in [9.17, 15) is 14.4 Å². The van der Waals surface area contributed by atoms with Crippen molar-refractivity contribution in [1.82, 2.24) is 15.5 Å². The first-order valence-corrected chi connectivity index (χ1v) is 10.0. The molecule has 0 aliphatic heterocycles. The molecular weight excluding hydrogens is 406 g/mol. The third-order valence-electron chi connectivity index (χ3n) is 4.96. The predicted molar refractivity (Wildman–Crippen MR) is 124 cm³/mol. The minimum atomic E-state index is -0.394. The van der Waals surface area contributed by atoms with Crippen LogP contribution < -0.4 is 21.5 Å². The summed E-state index contributed by atoms with van der Waals surface area (Å²) in [5, 5.41) is 15.6. The Balaban J connectivity index is 1.41. The number of aromatic nitrogens is 2. The van der Waals surface area contributed by atoms with Gasteiger partial charge >= 0.3 is 6.03 Å². The van der Waals surface area contributed by atoms with Crippen LogP contribution in [-0.2, 0) is 0 Å². The van der Waals surface area contributed by atoms with E-state index in [1.54, 1.807) is 48.5 Å². The number of anilines is 2. The standard InChI is InChI=1S/C24H21N5O3/c1-15(25-23(31)21-19-9-5-6-10-20(19)22(30)29-28-21)16-11-13-18(14-12-16)27-24(32)26-17-7-3-2-4-8-17/h2-15H,1H3,(H,25,31)(H,29,30)(H2,26,27,32). The van der Waals surface area contributed by atoms with Gasteiger partial charge in [0, 0.05) is 16.8 Å².